The van der Waals surface area contributed by atoms with Gasteiger partial charge in [-0.25, -0.2) is 0 Å². The largest absolute Gasteiger partial charge is 0.481 e. The summed E-state index contributed by atoms with van der Waals surface area (Å²) >= 11 is 0. The van der Waals surface area contributed by atoms with E-state index in [2.05, 4.69) is 15.5 Å². The molecule has 18 heavy (non-hydrogen) atoms. The fraction of sp³-hybridized carbons (Fsp3) is 0.385. The summed E-state index contributed by atoms with van der Waals surface area (Å²) in [6.45, 7) is 2.52. The number of rotatable bonds is 2. The van der Waals surface area contributed by atoms with Crippen LogP contribution in [0.4, 0.5) is 0 Å². The van der Waals surface area contributed by atoms with Gasteiger partial charge in [0.1, 0.15) is 0 Å². The molecule has 1 aromatic carbocycles. The molecule has 5 nitrogen and oxygen atoms in total. The van der Waals surface area contributed by atoms with E-state index in [1.165, 1.54) is 0 Å². The third-order valence-electron chi connectivity index (χ3n) is 3.65. The molecule has 0 aliphatic carbocycles. The van der Waals surface area contributed by atoms with Crippen molar-refractivity contribution in [3.63, 3.8) is 0 Å². The summed E-state index contributed by atoms with van der Waals surface area (Å²) in [5.41, 5.74) is 3.11. The highest BCUT2D eigenvalue weighted by molar-refractivity contribution is 5.85. The van der Waals surface area contributed by atoms with Crippen molar-refractivity contribution in [2.24, 2.45) is 5.92 Å². The molecule has 94 valence electrons. The van der Waals surface area contributed by atoms with Crippen LogP contribution in [0.3, 0.4) is 0 Å². The summed E-state index contributed by atoms with van der Waals surface area (Å²) in [6.07, 6.45) is 0.638. The maximum atomic E-state index is 11.0. The molecule has 0 bridgehead atoms. The van der Waals surface area contributed by atoms with Crippen LogP contribution in [0.1, 0.15) is 23.7 Å². The number of carboxylic acids is 1. The summed E-state index contributed by atoms with van der Waals surface area (Å²) in [4.78, 5) is 11.0. The van der Waals surface area contributed by atoms with Crippen LogP contribution >= 0.6 is 0 Å². The van der Waals surface area contributed by atoms with Crippen molar-refractivity contribution in [3.05, 3.63) is 29.5 Å². The van der Waals surface area contributed by atoms with Crippen LogP contribution in [0.2, 0.25) is 0 Å². The van der Waals surface area contributed by atoms with E-state index < -0.39 is 5.97 Å². The zero-order valence-electron chi connectivity index (χ0n) is 10.1. The van der Waals surface area contributed by atoms with Crippen LogP contribution in [0.25, 0.3) is 10.9 Å². The fourth-order valence-electron chi connectivity index (χ4n) is 2.71. The molecule has 1 fully saturated rings. The number of aryl methyl sites for hydroxylation is 1. The van der Waals surface area contributed by atoms with Gasteiger partial charge in [-0.1, -0.05) is 12.1 Å². The average molecular weight is 245 g/mol. The van der Waals surface area contributed by atoms with Gasteiger partial charge in [0.25, 0.3) is 0 Å². The number of aromatic amines is 1. The van der Waals surface area contributed by atoms with Crippen LogP contribution in [0.15, 0.2) is 18.2 Å². The van der Waals surface area contributed by atoms with E-state index in [-0.39, 0.29) is 12.0 Å². The second kappa shape index (κ2) is 4.10. The Balaban J connectivity index is 2.00. The van der Waals surface area contributed by atoms with Gasteiger partial charge < -0.3 is 10.4 Å². The number of benzene rings is 1. The predicted octanol–water partition coefficient (Wildman–Crippen LogP) is 1.61. The lowest BCUT2D eigenvalue weighted by molar-refractivity contribution is -0.141. The van der Waals surface area contributed by atoms with Crippen molar-refractivity contribution >= 4 is 16.9 Å². The normalized spacial score (nSPS) is 23.6. The Hall–Kier alpha value is -1.88. The molecule has 2 atom stereocenters. The molecule has 3 rings (SSSR count). The quantitative estimate of drug-likeness (QED) is 0.751. The van der Waals surface area contributed by atoms with E-state index in [1.54, 1.807) is 0 Å². The second-order valence-corrected chi connectivity index (χ2v) is 4.82. The van der Waals surface area contributed by atoms with Gasteiger partial charge in [-0.2, -0.15) is 5.10 Å². The molecule has 2 unspecified atom stereocenters. The van der Waals surface area contributed by atoms with Crippen molar-refractivity contribution in [1.29, 1.82) is 0 Å². The number of aromatic nitrogens is 2. The lowest BCUT2D eigenvalue weighted by atomic mass is 9.96. The van der Waals surface area contributed by atoms with Crippen molar-refractivity contribution in [2.75, 3.05) is 6.54 Å². The van der Waals surface area contributed by atoms with Gasteiger partial charge >= 0.3 is 5.97 Å². The van der Waals surface area contributed by atoms with E-state index in [1.807, 2.05) is 25.1 Å². The van der Waals surface area contributed by atoms with Gasteiger partial charge in [0.15, 0.2) is 0 Å². The van der Waals surface area contributed by atoms with E-state index in [9.17, 15) is 4.79 Å². The Kier molecular flexibility index (Phi) is 2.56. The molecule has 0 radical (unpaired) electrons. The monoisotopic (exact) mass is 245 g/mol. The Bertz CT molecular complexity index is 605. The zero-order chi connectivity index (χ0) is 12.7. The molecule has 1 aromatic heterocycles. The molecule has 0 saturated carbocycles. The summed E-state index contributed by atoms with van der Waals surface area (Å²) in [7, 11) is 0. The van der Waals surface area contributed by atoms with Gasteiger partial charge in [-0.05, 0) is 25.0 Å². The highest BCUT2D eigenvalue weighted by Gasteiger charge is 2.31. The van der Waals surface area contributed by atoms with Gasteiger partial charge in [-0.15, -0.1) is 0 Å². The topological polar surface area (TPSA) is 78.0 Å². The minimum absolute atomic E-state index is 0.103. The molecule has 2 heterocycles. The van der Waals surface area contributed by atoms with Gasteiger partial charge in [0.2, 0.25) is 0 Å². The predicted molar refractivity (Wildman–Crippen MR) is 67.3 cm³/mol. The number of H-pyrrole nitrogens is 1. The van der Waals surface area contributed by atoms with Crippen LogP contribution in [-0.2, 0) is 4.79 Å². The number of fused-ring (bicyclic) bond motifs is 1. The van der Waals surface area contributed by atoms with Crippen molar-refractivity contribution in [3.8, 4) is 0 Å². The summed E-state index contributed by atoms with van der Waals surface area (Å²) in [5.74, 6) is -1.02. The standard InChI is InChI=1S/C13H15N3O2/c1-7-12-9(3-2-4-10(12)16-15-7)11-5-8(6-14-11)13(17)18/h2-4,8,11,14H,5-6H2,1H3,(H,15,16)(H,17,18). The third kappa shape index (κ3) is 1.67. The summed E-state index contributed by atoms with van der Waals surface area (Å²) in [5, 5.41) is 20.7. The zero-order valence-corrected chi connectivity index (χ0v) is 10.1. The molecule has 1 saturated heterocycles. The smallest absolute Gasteiger partial charge is 0.307 e. The Morgan fingerprint density at radius 2 is 2.33 bits per heavy atom. The van der Waals surface area contributed by atoms with Crippen LogP contribution in [0.5, 0.6) is 0 Å². The van der Waals surface area contributed by atoms with Crippen molar-refractivity contribution < 1.29 is 9.90 Å². The second-order valence-electron chi connectivity index (χ2n) is 4.82. The number of nitrogens with zero attached hydrogens (tertiary/aromatic N) is 1. The molecule has 0 amide bonds. The number of nitrogens with one attached hydrogen (secondary N) is 2. The Morgan fingerprint density at radius 1 is 1.50 bits per heavy atom. The summed E-state index contributed by atoms with van der Waals surface area (Å²) < 4.78 is 0. The minimum Gasteiger partial charge on any atom is -0.481 e. The first-order valence-electron chi connectivity index (χ1n) is 6.06. The number of aliphatic carboxylic acids is 1. The molecule has 0 spiro atoms. The van der Waals surface area contributed by atoms with E-state index in [4.69, 9.17) is 5.11 Å². The SMILES string of the molecule is Cc1[nH]nc2cccc(C3CC(C(=O)O)CN3)c12. The Labute approximate surface area is 104 Å². The maximum Gasteiger partial charge on any atom is 0.307 e. The van der Waals surface area contributed by atoms with Crippen LogP contribution in [0, 0.1) is 12.8 Å². The van der Waals surface area contributed by atoms with E-state index in [0.29, 0.717) is 13.0 Å². The third-order valence-corrected chi connectivity index (χ3v) is 3.65. The highest BCUT2D eigenvalue weighted by Crippen LogP contribution is 2.32. The lowest BCUT2D eigenvalue weighted by Gasteiger charge is -2.12. The molecule has 5 heteroatoms. The highest BCUT2D eigenvalue weighted by atomic mass is 16.4. The minimum atomic E-state index is -0.721. The molecule has 2 aromatic rings. The molecular formula is C13H15N3O2. The number of hydrogen-bond acceptors (Lipinski definition) is 3. The molecule has 3 N–H and O–H groups in total. The summed E-state index contributed by atoms with van der Waals surface area (Å²) in [6, 6.07) is 6.08. The van der Waals surface area contributed by atoms with E-state index >= 15 is 0 Å². The number of carbonyl (C=O) groups is 1. The first-order valence-corrected chi connectivity index (χ1v) is 6.06. The van der Waals surface area contributed by atoms with E-state index in [0.717, 1.165) is 22.2 Å². The average Bonchev–Trinajstić information content (AvgIpc) is 2.96. The maximum absolute atomic E-state index is 11.0. The van der Waals surface area contributed by atoms with Gasteiger partial charge in [-0.3, -0.25) is 9.89 Å². The first kappa shape index (κ1) is 11.2. The Morgan fingerprint density at radius 3 is 3.06 bits per heavy atom. The van der Waals surface area contributed by atoms with Gasteiger partial charge in [0, 0.05) is 23.7 Å². The number of carboxylic acid groups (broad SMARTS) is 1. The van der Waals surface area contributed by atoms with Crippen molar-refractivity contribution in [1.82, 2.24) is 15.5 Å². The van der Waals surface area contributed by atoms with Crippen molar-refractivity contribution in [2.45, 2.75) is 19.4 Å². The molecular weight excluding hydrogens is 230 g/mol. The molecule has 1 aliphatic heterocycles. The number of hydrogen-bond donors (Lipinski definition) is 3. The van der Waals surface area contributed by atoms with Gasteiger partial charge in [0.05, 0.1) is 11.4 Å². The van der Waals surface area contributed by atoms with Crippen LogP contribution < -0.4 is 5.32 Å². The van der Waals surface area contributed by atoms with Crippen LogP contribution in [-0.4, -0.2) is 27.8 Å². The lowest BCUT2D eigenvalue weighted by Crippen LogP contribution is -2.17. The molecule has 1 aliphatic rings. The first-order chi connectivity index (χ1) is 8.66. The fourth-order valence-corrected chi connectivity index (χ4v) is 2.71.